The summed E-state index contributed by atoms with van der Waals surface area (Å²) in [5.41, 5.74) is 0.909. The van der Waals surface area contributed by atoms with E-state index >= 15 is 0 Å². The largest absolute Gasteiger partial charge is 0.324 e. The Morgan fingerprint density at radius 1 is 1.14 bits per heavy atom. The maximum absolute atomic E-state index is 12.4. The van der Waals surface area contributed by atoms with Crippen LogP contribution in [-0.4, -0.2) is 29.0 Å². The number of hydrogen-bond acceptors (Lipinski definition) is 2. The summed E-state index contributed by atoms with van der Waals surface area (Å²) in [6, 6.07) is 14.0. The Labute approximate surface area is 136 Å². The first-order valence-corrected chi connectivity index (χ1v) is 8.14. The van der Waals surface area contributed by atoms with E-state index in [0.717, 1.165) is 42.3 Å². The number of carbonyl (C=O) groups is 1. The molecule has 1 aliphatic heterocycles. The van der Waals surface area contributed by atoms with Crippen LogP contribution in [0.5, 0.6) is 0 Å². The summed E-state index contributed by atoms with van der Waals surface area (Å²) in [7, 11) is 0. The lowest BCUT2D eigenvalue weighted by Crippen LogP contribution is -2.46. The predicted molar refractivity (Wildman–Crippen MR) is 94.2 cm³/mol. The molecule has 3 rings (SSSR count). The average Bonchev–Trinajstić information content (AvgIpc) is 2.54. The lowest BCUT2D eigenvalue weighted by molar-refractivity contribution is 0.179. The van der Waals surface area contributed by atoms with Gasteiger partial charge in [-0.2, -0.15) is 0 Å². The predicted octanol–water partition coefficient (Wildman–Crippen LogP) is 3.96. The Hall–Kier alpha value is -1.94. The van der Waals surface area contributed by atoms with Gasteiger partial charge in [0, 0.05) is 18.7 Å². The number of hydrogen-bond donors (Lipinski definition) is 1. The van der Waals surface area contributed by atoms with E-state index in [0.29, 0.717) is 10.9 Å². The van der Waals surface area contributed by atoms with Crippen molar-refractivity contribution in [1.82, 2.24) is 10.2 Å². The van der Waals surface area contributed by atoms with Crippen LogP contribution >= 0.6 is 12.2 Å². The van der Waals surface area contributed by atoms with E-state index in [1.165, 1.54) is 0 Å². The van der Waals surface area contributed by atoms with Gasteiger partial charge in [0.25, 0.3) is 0 Å². The summed E-state index contributed by atoms with van der Waals surface area (Å²) < 4.78 is 0. The van der Waals surface area contributed by atoms with E-state index in [-0.39, 0.29) is 6.03 Å². The zero-order chi connectivity index (χ0) is 15.5. The Morgan fingerprint density at radius 3 is 2.59 bits per heavy atom. The lowest BCUT2D eigenvalue weighted by atomic mass is 10.00. The minimum absolute atomic E-state index is 0.0789. The molecule has 0 aromatic heterocycles. The Bertz CT molecular complexity index is 700. The van der Waals surface area contributed by atoms with Gasteiger partial charge in [-0.25, -0.2) is 4.79 Å². The van der Waals surface area contributed by atoms with Gasteiger partial charge in [-0.15, -0.1) is 0 Å². The fraction of sp³-hybridized carbons (Fsp3) is 0.333. The van der Waals surface area contributed by atoms with Crippen molar-refractivity contribution in [3.63, 3.8) is 0 Å². The van der Waals surface area contributed by atoms with Crippen molar-refractivity contribution in [1.29, 1.82) is 0 Å². The molecule has 2 amide bonds. The standard InChI is InChI=1S/C18H20N2OS/c1-13-9-11-20(12-10-13)18(21)19-17(22)16-8-4-6-14-5-2-3-7-15(14)16/h2-8,13H,9-12H2,1H3,(H,19,21,22). The van der Waals surface area contributed by atoms with E-state index in [4.69, 9.17) is 12.2 Å². The molecule has 22 heavy (non-hydrogen) atoms. The SMILES string of the molecule is CC1CCN(C(=O)NC(=S)c2cccc3ccccc23)CC1. The van der Waals surface area contributed by atoms with E-state index in [9.17, 15) is 4.79 Å². The highest BCUT2D eigenvalue weighted by Crippen LogP contribution is 2.19. The van der Waals surface area contributed by atoms with E-state index < -0.39 is 0 Å². The van der Waals surface area contributed by atoms with E-state index in [1.54, 1.807) is 0 Å². The van der Waals surface area contributed by atoms with Crippen molar-refractivity contribution in [2.75, 3.05) is 13.1 Å². The van der Waals surface area contributed by atoms with E-state index in [2.05, 4.69) is 24.4 Å². The molecule has 0 aliphatic carbocycles. The molecule has 4 heteroatoms. The highest BCUT2D eigenvalue weighted by molar-refractivity contribution is 7.80. The van der Waals surface area contributed by atoms with Crippen LogP contribution in [0.2, 0.25) is 0 Å². The Balaban J connectivity index is 1.75. The summed E-state index contributed by atoms with van der Waals surface area (Å²) in [6.45, 7) is 3.85. The second-order valence-electron chi connectivity index (χ2n) is 5.96. The van der Waals surface area contributed by atoms with Crippen LogP contribution in [0, 0.1) is 5.92 Å². The maximum atomic E-state index is 12.4. The topological polar surface area (TPSA) is 32.3 Å². The molecule has 1 heterocycles. The highest BCUT2D eigenvalue weighted by atomic mass is 32.1. The Kier molecular flexibility index (Phi) is 4.39. The number of amides is 2. The molecular weight excluding hydrogens is 292 g/mol. The number of thiocarbonyl (C=S) groups is 1. The number of rotatable bonds is 1. The molecule has 2 aromatic carbocycles. The third kappa shape index (κ3) is 3.12. The first-order chi connectivity index (χ1) is 10.6. The van der Waals surface area contributed by atoms with Crippen LogP contribution in [0.4, 0.5) is 4.79 Å². The maximum Gasteiger partial charge on any atom is 0.322 e. The summed E-state index contributed by atoms with van der Waals surface area (Å²) in [6.07, 6.45) is 2.13. The molecule has 1 N–H and O–H groups in total. The number of carbonyl (C=O) groups excluding carboxylic acids is 1. The van der Waals surface area contributed by atoms with Crippen LogP contribution in [0.25, 0.3) is 10.8 Å². The van der Waals surface area contributed by atoms with Gasteiger partial charge in [0.05, 0.1) is 0 Å². The lowest BCUT2D eigenvalue weighted by Gasteiger charge is -2.30. The van der Waals surface area contributed by atoms with Gasteiger partial charge < -0.3 is 4.90 Å². The molecule has 0 spiro atoms. The van der Waals surface area contributed by atoms with Crippen molar-refractivity contribution in [3.05, 3.63) is 48.0 Å². The molecule has 0 radical (unpaired) electrons. The van der Waals surface area contributed by atoms with Gasteiger partial charge in [-0.3, -0.25) is 5.32 Å². The van der Waals surface area contributed by atoms with Crippen LogP contribution in [-0.2, 0) is 0 Å². The van der Waals surface area contributed by atoms with Gasteiger partial charge in [-0.1, -0.05) is 61.6 Å². The molecule has 3 nitrogen and oxygen atoms in total. The minimum Gasteiger partial charge on any atom is -0.324 e. The molecule has 0 atom stereocenters. The first kappa shape index (κ1) is 15.0. The second kappa shape index (κ2) is 6.44. The molecule has 0 saturated carbocycles. The van der Waals surface area contributed by atoms with Crippen LogP contribution < -0.4 is 5.32 Å². The van der Waals surface area contributed by atoms with E-state index in [1.807, 2.05) is 35.2 Å². The van der Waals surface area contributed by atoms with Crippen LogP contribution in [0.15, 0.2) is 42.5 Å². The number of benzene rings is 2. The second-order valence-corrected chi connectivity index (χ2v) is 6.36. The van der Waals surface area contributed by atoms with Gasteiger partial charge in [0.15, 0.2) is 0 Å². The number of fused-ring (bicyclic) bond motifs is 1. The summed E-state index contributed by atoms with van der Waals surface area (Å²) in [5.74, 6) is 0.703. The summed E-state index contributed by atoms with van der Waals surface area (Å²) in [4.78, 5) is 14.7. The van der Waals surface area contributed by atoms with Crippen molar-refractivity contribution in [3.8, 4) is 0 Å². The number of urea groups is 1. The van der Waals surface area contributed by atoms with Gasteiger partial charge >= 0.3 is 6.03 Å². The molecule has 2 aromatic rings. The molecule has 114 valence electrons. The molecule has 1 aliphatic rings. The zero-order valence-electron chi connectivity index (χ0n) is 12.7. The molecule has 1 fully saturated rings. The van der Waals surface area contributed by atoms with Crippen molar-refractivity contribution >= 4 is 34.0 Å². The van der Waals surface area contributed by atoms with Crippen molar-refractivity contribution < 1.29 is 4.79 Å². The van der Waals surface area contributed by atoms with Crippen molar-refractivity contribution in [2.45, 2.75) is 19.8 Å². The van der Waals surface area contributed by atoms with Gasteiger partial charge in [0.2, 0.25) is 0 Å². The van der Waals surface area contributed by atoms with Crippen molar-refractivity contribution in [2.24, 2.45) is 5.92 Å². The number of nitrogens with zero attached hydrogens (tertiary/aromatic N) is 1. The fourth-order valence-corrected chi connectivity index (χ4v) is 3.14. The highest BCUT2D eigenvalue weighted by Gasteiger charge is 2.21. The molecule has 0 bridgehead atoms. The van der Waals surface area contributed by atoms with Gasteiger partial charge in [0.1, 0.15) is 4.99 Å². The normalized spacial score (nSPS) is 15.8. The zero-order valence-corrected chi connectivity index (χ0v) is 13.5. The molecular formula is C18H20N2OS. The molecule has 1 saturated heterocycles. The van der Waals surface area contributed by atoms with Crippen LogP contribution in [0.3, 0.4) is 0 Å². The minimum atomic E-state index is -0.0789. The quantitative estimate of drug-likeness (QED) is 0.809. The first-order valence-electron chi connectivity index (χ1n) is 7.73. The smallest absolute Gasteiger partial charge is 0.322 e. The summed E-state index contributed by atoms with van der Waals surface area (Å²) >= 11 is 5.46. The Morgan fingerprint density at radius 2 is 1.82 bits per heavy atom. The third-order valence-electron chi connectivity index (χ3n) is 4.33. The number of piperidine rings is 1. The monoisotopic (exact) mass is 312 g/mol. The summed E-state index contributed by atoms with van der Waals surface area (Å²) in [5, 5.41) is 5.09. The molecule has 0 unspecified atom stereocenters. The van der Waals surface area contributed by atoms with Crippen LogP contribution in [0.1, 0.15) is 25.3 Å². The average molecular weight is 312 g/mol. The van der Waals surface area contributed by atoms with Gasteiger partial charge in [-0.05, 0) is 29.5 Å². The number of nitrogens with one attached hydrogen (secondary N) is 1. The fourth-order valence-electron chi connectivity index (χ4n) is 2.88. The number of likely N-dealkylation sites (tertiary alicyclic amines) is 1. The third-order valence-corrected chi connectivity index (χ3v) is 4.65.